The lowest BCUT2D eigenvalue weighted by atomic mass is 10.1. The summed E-state index contributed by atoms with van der Waals surface area (Å²) in [4.78, 5) is 2.47. The monoisotopic (exact) mass is 300 g/mol. The molecule has 0 unspecified atom stereocenters. The van der Waals surface area contributed by atoms with Gasteiger partial charge in [0.2, 0.25) is 0 Å². The second-order valence-electron chi connectivity index (χ2n) is 6.31. The number of aryl methyl sites for hydroxylation is 1. The van der Waals surface area contributed by atoms with Gasteiger partial charge in [-0.1, -0.05) is 17.3 Å². The zero-order valence-electron chi connectivity index (χ0n) is 13.6. The van der Waals surface area contributed by atoms with Gasteiger partial charge >= 0.3 is 0 Å². The molecule has 22 heavy (non-hydrogen) atoms. The number of ether oxygens (including phenoxy) is 1. The highest BCUT2D eigenvalue weighted by atomic mass is 16.5. The fourth-order valence-corrected chi connectivity index (χ4v) is 3.06. The lowest BCUT2D eigenvalue weighted by Crippen LogP contribution is -2.22. The van der Waals surface area contributed by atoms with Crippen molar-refractivity contribution in [1.82, 2.24) is 10.1 Å². The smallest absolute Gasteiger partial charge is 0.154 e. The van der Waals surface area contributed by atoms with Gasteiger partial charge in [-0.3, -0.25) is 4.90 Å². The Morgan fingerprint density at radius 2 is 2.09 bits per heavy atom. The summed E-state index contributed by atoms with van der Waals surface area (Å²) in [5, 5.41) is 4.02. The van der Waals surface area contributed by atoms with E-state index in [1.54, 1.807) is 0 Å². The van der Waals surface area contributed by atoms with Gasteiger partial charge in [0.15, 0.2) is 5.76 Å². The van der Waals surface area contributed by atoms with Crippen molar-refractivity contribution in [3.8, 4) is 5.75 Å². The van der Waals surface area contributed by atoms with Crippen molar-refractivity contribution in [2.45, 2.75) is 52.3 Å². The van der Waals surface area contributed by atoms with Crippen LogP contribution in [0.2, 0.25) is 0 Å². The quantitative estimate of drug-likeness (QED) is 0.833. The molecule has 0 amide bonds. The summed E-state index contributed by atoms with van der Waals surface area (Å²) in [6.07, 6.45) is 2.56. The zero-order chi connectivity index (χ0) is 15.5. The third-order valence-electron chi connectivity index (χ3n) is 4.02. The molecule has 118 valence electrons. The van der Waals surface area contributed by atoms with Gasteiger partial charge in [0, 0.05) is 12.6 Å². The molecule has 0 aliphatic carbocycles. The van der Waals surface area contributed by atoms with Gasteiger partial charge in [-0.2, -0.15) is 0 Å². The van der Waals surface area contributed by atoms with E-state index in [2.05, 4.69) is 40.4 Å². The van der Waals surface area contributed by atoms with E-state index in [1.807, 2.05) is 20.8 Å². The Hall–Kier alpha value is -1.81. The maximum absolute atomic E-state index is 5.70. The van der Waals surface area contributed by atoms with Gasteiger partial charge < -0.3 is 9.26 Å². The highest BCUT2D eigenvalue weighted by Crippen LogP contribution is 2.33. The first-order valence-electron chi connectivity index (χ1n) is 8.04. The van der Waals surface area contributed by atoms with Crippen molar-refractivity contribution in [3.05, 3.63) is 47.3 Å². The zero-order valence-corrected chi connectivity index (χ0v) is 13.6. The van der Waals surface area contributed by atoms with Crippen LogP contribution >= 0.6 is 0 Å². The number of nitrogens with zero attached hydrogens (tertiary/aromatic N) is 2. The number of hydrogen-bond donors (Lipinski definition) is 0. The van der Waals surface area contributed by atoms with Crippen molar-refractivity contribution < 1.29 is 9.26 Å². The lowest BCUT2D eigenvalue weighted by Gasteiger charge is -2.22. The molecule has 2 aromatic rings. The molecule has 0 radical (unpaired) electrons. The predicted octanol–water partition coefficient (Wildman–Crippen LogP) is 4.11. The van der Waals surface area contributed by atoms with Crippen LogP contribution in [0.25, 0.3) is 0 Å². The average Bonchev–Trinajstić information content (AvgIpc) is 3.09. The van der Waals surface area contributed by atoms with Crippen molar-refractivity contribution in [3.63, 3.8) is 0 Å². The van der Waals surface area contributed by atoms with Crippen LogP contribution in [0, 0.1) is 6.92 Å². The van der Waals surface area contributed by atoms with Gasteiger partial charge in [-0.15, -0.1) is 0 Å². The van der Waals surface area contributed by atoms with Crippen LogP contribution in [0.3, 0.4) is 0 Å². The number of likely N-dealkylation sites (tertiary alicyclic amines) is 1. The molecule has 1 aromatic heterocycles. The van der Waals surface area contributed by atoms with E-state index in [9.17, 15) is 0 Å². The Kier molecular flexibility index (Phi) is 4.48. The Bertz CT molecular complexity index is 604. The molecule has 1 saturated heterocycles. The average molecular weight is 300 g/mol. The minimum atomic E-state index is 0.212. The van der Waals surface area contributed by atoms with Crippen LogP contribution in [0.1, 0.15) is 49.7 Å². The van der Waals surface area contributed by atoms with E-state index in [1.165, 1.54) is 12.0 Å². The highest BCUT2D eigenvalue weighted by molar-refractivity contribution is 5.27. The Morgan fingerprint density at radius 3 is 2.73 bits per heavy atom. The molecule has 4 heteroatoms. The summed E-state index contributed by atoms with van der Waals surface area (Å²) in [5.74, 6) is 1.93. The number of hydrogen-bond acceptors (Lipinski definition) is 4. The van der Waals surface area contributed by atoms with Gasteiger partial charge in [-0.05, 0) is 57.9 Å². The van der Waals surface area contributed by atoms with Crippen molar-refractivity contribution >= 4 is 0 Å². The van der Waals surface area contributed by atoms with Gasteiger partial charge in [0.05, 0.1) is 17.8 Å². The van der Waals surface area contributed by atoms with Gasteiger partial charge in [0.25, 0.3) is 0 Å². The number of benzene rings is 1. The van der Waals surface area contributed by atoms with E-state index in [0.717, 1.165) is 36.7 Å². The normalized spacial score (nSPS) is 19.0. The van der Waals surface area contributed by atoms with Crippen LogP contribution in [0.5, 0.6) is 5.75 Å². The third-order valence-corrected chi connectivity index (χ3v) is 4.02. The van der Waals surface area contributed by atoms with E-state index in [4.69, 9.17) is 9.26 Å². The third kappa shape index (κ3) is 3.50. The second kappa shape index (κ2) is 6.53. The molecule has 0 saturated carbocycles. The molecule has 1 fully saturated rings. The minimum absolute atomic E-state index is 0.212. The molecular weight excluding hydrogens is 276 g/mol. The first-order valence-corrected chi connectivity index (χ1v) is 8.04. The number of rotatable bonds is 5. The van der Waals surface area contributed by atoms with Crippen LogP contribution in [-0.4, -0.2) is 22.7 Å². The first kappa shape index (κ1) is 15.1. The van der Waals surface area contributed by atoms with Gasteiger partial charge in [-0.25, -0.2) is 0 Å². The summed E-state index contributed by atoms with van der Waals surface area (Å²) in [5.41, 5.74) is 2.26. The molecule has 1 aliphatic rings. The molecular formula is C18H24N2O2. The molecule has 4 nitrogen and oxygen atoms in total. The molecule has 2 heterocycles. The maximum Gasteiger partial charge on any atom is 0.154 e. The Morgan fingerprint density at radius 1 is 1.32 bits per heavy atom. The van der Waals surface area contributed by atoms with Crippen LogP contribution in [0.4, 0.5) is 0 Å². The minimum Gasteiger partial charge on any atom is -0.491 e. The van der Waals surface area contributed by atoms with E-state index < -0.39 is 0 Å². The fourth-order valence-electron chi connectivity index (χ4n) is 3.06. The standard InChI is InChI=1S/C18H24N2O2/c1-13(2)21-16-8-6-15(7-9-16)12-20-10-4-5-17(20)18-11-14(3)19-22-18/h6-9,11,13,17H,4-5,10,12H2,1-3H3/t17-/m1/s1. The summed E-state index contributed by atoms with van der Waals surface area (Å²) in [6.45, 7) is 8.10. The summed E-state index contributed by atoms with van der Waals surface area (Å²) < 4.78 is 11.2. The fraction of sp³-hybridized carbons (Fsp3) is 0.500. The second-order valence-corrected chi connectivity index (χ2v) is 6.31. The van der Waals surface area contributed by atoms with Gasteiger partial charge in [0.1, 0.15) is 5.75 Å². The first-order chi connectivity index (χ1) is 10.6. The molecule has 0 bridgehead atoms. The molecule has 0 spiro atoms. The molecule has 1 aromatic carbocycles. The van der Waals surface area contributed by atoms with Crippen molar-refractivity contribution in [1.29, 1.82) is 0 Å². The largest absolute Gasteiger partial charge is 0.491 e. The maximum atomic E-state index is 5.70. The predicted molar refractivity (Wildman–Crippen MR) is 85.8 cm³/mol. The molecule has 3 rings (SSSR count). The summed E-state index contributed by atoms with van der Waals surface area (Å²) >= 11 is 0. The lowest BCUT2D eigenvalue weighted by molar-refractivity contribution is 0.206. The molecule has 1 atom stereocenters. The van der Waals surface area contributed by atoms with Crippen LogP contribution in [-0.2, 0) is 6.54 Å². The van der Waals surface area contributed by atoms with Crippen LogP contribution < -0.4 is 4.74 Å². The van der Waals surface area contributed by atoms with E-state index >= 15 is 0 Å². The van der Waals surface area contributed by atoms with Crippen molar-refractivity contribution in [2.24, 2.45) is 0 Å². The van der Waals surface area contributed by atoms with Crippen LogP contribution in [0.15, 0.2) is 34.9 Å². The Labute approximate surface area is 132 Å². The van der Waals surface area contributed by atoms with Crippen molar-refractivity contribution in [2.75, 3.05) is 6.54 Å². The molecule has 0 N–H and O–H groups in total. The summed E-state index contributed by atoms with van der Waals surface area (Å²) in [7, 11) is 0. The summed E-state index contributed by atoms with van der Waals surface area (Å²) in [6, 6.07) is 10.8. The highest BCUT2D eigenvalue weighted by Gasteiger charge is 2.28. The van der Waals surface area contributed by atoms with E-state index in [-0.39, 0.29) is 6.10 Å². The van der Waals surface area contributed by atoms with E-state index in [0.29, 0.717) is 6.04 Å². The SMILES string of the molecule is Cc1cc([C@H]2CCCN2Cc2ccc(OC(C)C)cc2)on1. The number of aromatic nitrogens is 1. The Balaban J connectivity index is 1.66. The molecule has 1 aliphatic heterocycles. The topological polar surface area (TPSA) is 38.5 Å².